The molecule has 1 aromatic carbocycles. The fourth-order valence-electron chi connectivity index (χ4n) is 2.72. The fraction of sp³-hybridized carbons (Fsp3) is 0.353. The van der Waals surface area contributed by atoms with E-state index in [2.05, 4.69) is 4.98 Å². The molecule has 0 N–H and O–H groups in total. The molecule has 1 aromatic heterocycles. The molecule has 120 valence electrons. The summed E-state index contributed by atoms with van der Waals surface area (Å²) >= 11 is 0. The van der Waals surface area contributed by atoms with Gasteiger partial charge in [-0.1, -0.05) is 18.2 Å². The van der Waals surface area contributed by atoms with Gasteiger partial charge in [-0.2, -0.15) is 0 Å². The van der Waals surface area contributed by atoms with Gasteiger partial charge in [0, 0.05) is 19.2 Å². The van der Waals surface area contributed by atoms with Gasteiger partial charge in [-0.3, -0.25) is 9.59 Å². The topological polar surface area (TPSA) is 64.4 Å². The number of carbonyl (C=O) groups excluding carboxylic acids is 1. The van der Waals surface area contributed by atoms with E-state index in [9.17, 15) is 9.59 Å². The average molecular weight is 313 g/mol. The smallest absolute Gasteiger partial charge is 0.263 e. The third-order valence-electron chi connectivity index (χ3n) is 4.00. The number of nitrogens with zero attached hydrogens (tertiary/aromatic N) is 3. The molecule has 1 aliphatic rings. The first-order chi connectivity index (χ1) is 11.1. The van der Waals surface area contributed by atoms with Crippen LogP contribution in [0.15, 0.2) is 41.5 Å². The summed E-state index contributed by atoms with van der Waals surface area (Å²) < 4.78 is 7.15. The number of ether oxygens (including phenoxy) is 1. The second kappa shape index (κ2) is 6.24. The Morgan fingerprint density at radius 3 is 2.78 bits per heavy atom. The summed E-state index contributed by atoms with van der Waals surface area (Å²) in [6, 6.07) is 9.26. The van der Waals surface area contributed by atoms with E-state index in [1.807, 2.05) is 30.3 Å². The summed E-state index contributed by atoms with van der Waals surface area (Å²) in [4.78, 5) is 30.6. The lowest BCUT2D eigenvalue weighted by Crippen LogP contribution is -2.45. The maximum atomic E-state index is 12.6. The lowest BCUT2D eigenvalue weighted by atomic mass is 10.1. The fourth-order valence-corrected chi connectivity index (χ4v) is 2.72. The molecule has 0 fully saturated rings. The highest BCUT2D eigenvalue weighted by molar-refractivity contribution is 5.81. The van der Waals surface area contributed by atoms with E-state index in [4.69, 9.17) is 4.74 Å². The highest BCUT2D eigenvalue weighted by Gasteiger charge is 2.27. The summed E-state index contributed by atoms with van der Waals surface area (Å²) in [7, 11) is 1.68. The van der Waals surface area contributed by atoms with Crippen LogP contribution in [0.2, 0.25) is 0 Å². The summed E-state index contributed by atoms with van der Waals surface area (Å²) in [6.07, 6.45) is 1.45. The molecule has 2 aromatic rings. The van der Waals surface area contributed by atoms with Gasteiger partial charge < -0.3 is 14.2 Å². The van der Waals surface area contributed by atoms with Gasteiger partial charge in [-0.05, 0) is 25.5 Å². The van der Waals surface area contributed by atoms with Gasteiger partial charge in [0.05, 0.1) is 18.6 Å². The Labute approximate surface area is 134 Å². The first-order valence-electron chi connectivity index (χ1n) is 7.60. The van der Waals surface area contributed by atoms with E-state index in [-0.39, 0.29) is 11.5 Å². The van der Waals surface area contributed by atoms with E-state index in [0.717, 1.165) is 0 Å². The minimum absolute atomic E-state index is 0.0318. The number of fused-ring (bicyclic) bond motifs is 1. The SMILES string of the molecule is C[C@H](Oc1ccccc1)C(=O)N1CCc2c(ncn(C)c2=O)C1. The maximum absolute atomic E-state index is 12.6. The van der Waals surface area contributed by atoms with E-state index in [1.54, 1.807) is 18.9 Å². The standard InChI is InChI=1S/C17H19N3O3/c1-12(23-13-6-4-3-5-7-13)16(21)20-9-8-14-15(10-20)18-11-19(2)17(14)22/h3-7,11-12H,8-10H2,1-2H3/t12-/m0/s1. The molecular weight excluding hydrogens is 294 g/mol. The molecule has 0 radical (unpaired) electrons. The number of rotatable bonds is 3. The van der Waals surface area contributed by atoms with Crippen LogP contribution in [0.1, 0.15) is 18.2 Å². The summed E-state index contributed by atoms with van der Waals surface area (Å²) in [5, 5.41) is 0. The Bertz CT molecular complexity index is 770. The van der Waals surface area contributed by atoms with Crippen LogP contribution < -0.4 is 10.3 Å². The molecule has 23 heavy (non-hydrogen) atoms. The Kier molecular flexibility index (Phi) is 4.14. The van der Waals surface area contributed by atoms with Gasteiger partial charge in [-0.25, -0.2) is 4.98 Å². The predicted molar refractivity (Wildman–Crippen MR) is 85.1 cm³/mol. The zero-order valence-electron chi connectivity index (χ0n) is 13.2. The number of amides is 1. The van der Waals surface area contributed by atoms with Gasteiger partial charge in [-0.15, -0.1) is 0 Å². The van der Waals surface area contributed by atoms with Crippen molar-refractivity contribution in [3.8, 4) is 5.75 Å². The Morgan fingerprint density at radius 2 is 2.04 bits per heavy atom. The highest BCUT2D eigenvalue weighted by atomic mass is 16.5. The van der Waals surface area contributed by atoms with Crippen LogP contribution in [0.5, 0.6) is 5.75 Å². The number of aryl methyl sites for hydroxylation is 1. The molecule has 6 nitrogen and oxygen atoms in total. The molecule has 0 saturated heterocycles. The molecular formula is C17H19N3O3. The van der Waals surface area contributed by atoms with Crippen molar-refractivity contribution in [1.29, 1.82) is 0 Å². The number of para-hydroxylation sites is 1. The van der Waals surface area contributed by atoms with Crippen molar-refractivity contribution in [3.63, 3.8) is 0 Å². The zero-order valence-corrected chi connectivity index (χ0v) is 13.2. The molecule has 0 bridgehead atoms. The van der Waals surface area contributed by atoms with Crippen molar-refractivity contribution >= 4 is 5.91 Å². The monoisotopic (exact) mass is 313 g/mol. The van der Waals surface area contributed by atoms with Crippen molar-refractivity contribution in [3.05, 3.63) is 58.3 Å². The Morgan fingerprint density at radius 1 is 1.30 bits per heavy atom. The van der Waals surface area contributed by atoms with Crippen LogP contribution in [-0.4, -0.2) is 33.0 Å². The normalized spacial score (nSPS) is 15.0. The van der Waals surface area contributed by atoms with Crippen LogP contribution in [0.4, 0.5) is 0 Å². The van der Waals surface area contributed by atoms with Crippen LogP contribution in [0, 0.1) is 0 Å². The van der Waals surface area contributed by atoms with Gasteiger partial charge in [0.15, 0.2) is 6.10 Å². The van der Waals surface area contributed by atoms with Crippen LogP contribution in [-0.2, 0) is 24.8 Å². The molecule has 1 amide bonds. The van der Waals surface area contributed by atoms with Crippen molar-refractivity contribution in [2.24, 2.45) is 7.05 Å². The second-order valence-corrected chi connectivity index (χ2v) is 5.67. The largest absolute Gasteiger partial charge is 0.481 e. The van der Waals surface area contributed by atoms with E-state index >= 15 is 0 Å². The van der Waals surface area contributed by atoms with E-state index < -0.39 is 6.10 Å². The maximum Gasteiger partial charge on any atom is 0.263 e. The van der Waals surface area contributed by atoms with Gasteiger partial charge in [0.1, 0.15) is 5.75 Å². The molecule has 0 unspecified atom stereocenters. The molecule has 6 heteroatoms. The number of benzene rings is 1. The van der Waals surface area contributed by atoms with Crippen LogP contribution in [0.25, 0.3) is 0 Å². The van der Waals surface area contributed by atoms with Crippen molar-refractivity contribution in [2.45, 2.75) is 26.0 Å². The average Bonchev–Trinajstić information content (AvgIpc) is 2.58. The first kappa shape index (κ1) is 15.3. The number of hydrogen-bond donors (Lipinski definition) is 0. The molecule has 1 atom stereocenters. The van der Waals surface area contributed by atoms with E-state index in [0.29, 0.717) is 36.5 Å². The lowest BCUT2D eigenvalue weighted by Gasteiger charge is -2.30. The summed E-state index contributed by atoms with van der Waals surface area (Å²) in [6.45, 7) is 2.60. The molecule has 0 saturated carbocycles. The van der Waals surface area contributed by atoms with E-state index in [1.165, 1.54) is 10.9 Å². The predicted octanol–water partition coefficient (Wildman–Crippen LogP) is 1.13. The quantitative estimate of drug-likeness (QED) is 0.852. The molecule has 2 heterocycles. The third-order valence-corrected chi connectivity index (χ3v) is 4.00. The second-order valence-electron chi connectivity index (χ2n) is 5.67. The van der Waals surface area contributed by atoms with Crippen molar-refractivity contribution in [1.82, 2.24) is 14.5 Å². The number of aromatic nitrogens is 2. The van der Waals surface area contributed by atoms with Gasteiger partial charge in [0.2, 0.25) is 0 Å². The van der Waals surface area contributed by atoms with Crippen molar-refractivity contribution < 1.29 is 9.53 Å². The molecule has 0 spiro atoms. The van der Waals surface area contributed by atoms with Gasteiger partial charge in [0.25, 0.3) is 11.5 Å². The summed E-state index contributed by atoms with van der Waals surface area (Å²) in [5.41, 5.74) is 1.35. The molecule has 0 aliphatic carbocycles. The number of carbonyl (C=O) groups is 1. The minimum Gasteiger partial charge on any atom is -0.481 e. The van der Waals surface area contributed by atoms with Crippen LogP contribution >= 0.6 is 0 Å². The first-order valence-corrected chi connectivity index (χ1v) is 7.60. The number of hydrogen-bond acceptors (Lipinski definition) is 4. The zero-order chi connectivity index (χ0) is 16.4. The van der Waals surface area contributed by atoms with Gasteiger partial charge >= 0.3 is 0 Å². The Hall–Kier alpha value is -2.63. The molecule has 3 rings (SSSR count). The Balaban J connectivity index is 1.72. The summed E-state index contributed by atoms with van der Waals surface area (Å²) in [5.74, 6) is 0.569. The lowest BCUT2D eigenvalue weighted by molar-refractivity contribution is -0.139. The third kappa shape index (κ3) is 3.11. The van der Waals surface area contributed by atoms with Crippen molar-refractivity contribution in [2.75, 3.05) is 6.54 Å². The van der Waals surface area contributed by atoms with Crippen LogP contribution in [0.3, 0.4) is 0 Å². The minimum atomic E-state index is -0.578. The molecule has 1 aliphatic heterocycles. The highest BCUT2D eigenvalue weighted by Crippen LogP contribution is 2.17.